The largest absolute Gasteiger partial charge is 0.416 e. The highest BCUT2D eigenvalue weighted by molar-refractivity contribution is 6.06. The van der Waals surface area contributed by atoms with E-state index >= 15 is 0 Å². The number of aliphatic hydroxyl groups excluding tert-OH is 1. The number of rotatable bonds is 1. The van der Waals surface area contributed by atoms with Gasteiger partial charge in [-0.25, -0.2) is 4.39 Å². The number of nitrogens with zero attached hydrogens (tertiary/aromatic N) is 1. The van der Waals surface area contributed by atoms with Gasteiger partial charge in [0, 0.05) is 23.4 Å². The summed E-state index contributed by atoms with van der Waals surface area (Å²) in [5.41, 5.74) is -0.0909. The number of anilines is 1. The number of amides is 1. The molecule has 1 heterocycles. The van der Waals surface area contributed by atoms with Crippen LogP contribution in [0.3, 0.4) is 0 Å². The molecule has 2 aromatic rings. The number of carbonyl (C=O) groups is 1. The van der Waals surface area contributed by atoms with Crippen LogP contribution in [0.5, 0.6) is 0 Å². The number of aliphatic hydroxyl groups is 1. The molecule has 0 bridgehead atoms. The molecule has 0 fully saturated rings. The molecule has 1 N–H and O–H groups in total. The second-order valence-corrected chi connectivity index (χ2v) is 5.54. The highest BCUT2D eigenvalue weighted by atomic mass is 19.4. The minimum absolute atomic E-state index is 0.0923. The average Bonchev–Trinajstić information content (AvgIpc) is 2.54. The summed E-state index contributed by atoms with van der Waals surface area (Å²) in [6.45, 7) is 0.194. The third-order valence-corrected chi connectivity index (χ3v) is 3.97. The van der Waals surface area contributed by atoms with Crippen molar-refractivity contribution < 1.29 is 27.5 Å². The van der Waals surface area contributed by atoms with Crippen molar-refractivity contribution in [2.24, 2.45) is 0 Å². The van der Waals surface area contributed by atoms with Crippen LogP contribution in [0.4, 0.5) is 23.2 Å². The lowest BCUT2D eigenvalue weighted by Crippen LogP contribution is -2.36. The van der Waals surface area contributed by atoms with Crippen LogP contribution in [-0.2, 0) is 6.18 Å². The summed E-state index contributed by atoms with van der Waals surface area (Å²) in [4.78, 5) is 13.9. The van der Waals surface area contributed by atoms with E-state index < -0.39 is 29.6 Å². The van der Waals surface area contributed by atoms with Crippen LogP contribution in [0.1, 0.15) is 34.0 Å². The van der Waals surface area contributed by atoms with Gasteiger partial charge >= 0.3 is 6.18 Å². The predicted octanol–water partition coefficient (Wildman–Crippen LogP) is 3.93. The second-order valence-electron chi connectivity index (χ2n) is 5.54. The fourth-order valence-electron chi connectivity index (χ4n) is 2.73. The van der Waals surface area contributed by atoms with Gasteiger partial charge in [-0.3, -0.25) is 4.79 Å². The van der Waals surface area contributed by atoms with Gasteiger partial charge in [-0.1, -0.05) is 0 Å². The van der Waals surface area contributed by atoms with E-state index in [1.54, 1.807) is 0 Å². The summed E-state index contributed by atoms with van der Waals surface area (Å²) in [6, 6.07) is 7.62. The zero-order valence-electron chi connectivity index (χ0n) is 12.3. The van der Waals surface area contributed by atoms with Gasteiger partial charge < -0.3 is 10.0 Å². The minimum Gasteiger partial charge on any atom is -0.388 e. The molecule has 24 heavy (non-hydrogen) atoms. The van der Waals surface area contributed by atoms with Crippen LogP contribution in [0, 0.1) is 5.82 Å². The van der Waals surface area contributed by atoms with Crippen LogP contribution in [0.2, 0.25) is 0 Å². The molecule has 3 nitrogen and oxygen atoms in total. The van der Waals surface area contributed by atoms with E-state index in [1.807, 2.05) is 0 Å². The molecule has 0 saturated carbocycles. The lowest BCUT2D eigenvalue weighted by molar-refractivity contribution is -0.137. The number of carbonyl (C=O) groups excluding carboxylic acids is 1. The summed E-state index contributed by atoms with van der Waals surface area (Å²) in [5, 5.41) is 9.95. The van der Waals surface area contributed by atoms with E-state index in [0.29, 0.717) is 11.3 Å². The van der Waals surface area contributed by atoms with Crippen molar-refractivity contribution in [2.75, 3.05) is 11.4 Å². The molecular formula is C17H13F4NO2. The minimum atomic E-state index is -4.47. The normalized spacial score (nSPS) is 17.5. The molecule has 1 amide bonds. The van der Waals surface area contributed by atoms with Gasteiger partial charge in [-0.15, -0.1) is 0 Å². The summed E-state index contributed by atoms with van der Waals surface area (Å²) < 4.78 is 51.1. The summed E-state index contributed by atoms with van der Waals surface area (Å²) in [5.74, 6) is -1.03. The molecule has 0 aliphatic carbocycles. The van der Waals surface area contributed by atoms with Gasteiger partial charge in [0.15, 0.2) is 0 Å². The van der Waals surface area contributed by atoms with Crippen LogP contribution < -0.4 is 4.90 Å². The van der Waals surface area contributed by atoms with Crippen molar-refractivity contribution in [1.29, 1.82) is 0 Å². The first kappa shape index (κ1) is 16.4. The van der Waals surface area contributed by atoms with Crippen molar-refractivity contribution in [1.82, 2.24) is 0 Å². The Bertz CT molecular complexity index is 771. The van der Waals surface area contributed by atoms with Gasteiger partial charge in [0.2, 0.25) is 0 Å². The number of alkyl halides is 3. The standard InChI is InChI=1S/C17H13F4NO2/c18-12-5-6-14-13(9-12)15(23)7-8-22(14)16(24)10-1-3-11(4-2-10)17(19,20)21/h1-6,9,15,23H,7-8H2. The SMILES string of the molecule is O=C(c1ccc(C(F)(F)F)cc1)N1CCC(O)c2cc(F)ccc21. The zero-order chi connectivity index (χ0) is 17.5. The highest BCUT2D eigenvalue weighted by Crippen LogP contribution is 2.35. The van der Waals surface area contributed by atoms with Crippen molar-refractivity contribution in [2.45, 2.75) is 18.7 Å². The molecule has 1 unspecified atom stereocenters. The van der Waals surface area contributed by atoms with Crippen molar-refractivity contribution in [3.8, 4) is 0 Å². The average molecular weight is 339 g/mol. The van der Waals surface area contributed by atoms with E-state index in [1.165, 1.54) is 17.0 Å². The molecular weight excluding hydrogens is 326 g/mol. The van der Waals surface area contributed by atoms with E-state index in [9.17, 15) is 27.5 Å². The van der Waals surface area contributed by atoms with Crippen LogP contribution in [0.25, 0.3) is 0 Å². The third-order valence-electron chi connectivity index (χ3n) is 3.97. The maximum Gasteiger partial charge on any atom is 0.416 e. The van der Waals surface area contributed by atoms with Crippen molar-refractivity contribution in [3.63, 3.8) is 0 Å². The molecule has 1 atom stereocenters. The zero-order valence-corrected chi connectivity index (χ0v) is 12.3. The van der Waals surface area contributed by atoms with Crippen LogP contribution >= 0.6 is 0 Å². The van der Waals surface area contributed by atoms with E-state index in [2.05, 4.69) is 0 Å². The quantitative estimate of drug-likeness (QED) is 0.800. The Hall–Kier alpha value is -2.41. The fourth-order valence-corrected chi connectivity index (χ4v) is 2.73. The van der Waals surface area contributed by atoms with Crippen LogP contribution in [0.15, 0.2) is 42.5 Å². The maximum atomic E-state index is 13.4. The third kappa shape index (κ3) is 2.99. The first-order valence-corrected chi connectivity index (χ1v) is 7.24. The lowest BCUT2D eigenvalue weighted by Gasteiger charge is -2.32. The Morgan fingerprint density at radius 2 is 1.79 bits per heavy atom. The van der Waals surface area contributed by atoms with E-state index in [4.69, 9.17) is 0 Å². The molecule has 1 aliphatic heterocycles. The Labute approximate surface area is 135 Å². The van der Waals surface area contributed by atoms with Crippen LogP contribution in [-0.4, -0.2) is 17.6 Å². The lowest BCUT2D eigenvalue weighted by atomic mass is 9.97. The first-order chi connectivity index (χ1) is 11.3. The Kier molecular flexibility index (Phi) is 4.04. The molecule has 2 aromatic carbocycles. The van der Waals surface area contributed by atoms with Gasteiger partial charge in [0.05, 0.1) is 11.7 Å². The number of hydrogen-bond donors (Lipinski definition) is 1. The second kappa shape index (κ2) is 5.90. The Balaban J connectivity index is 1.93. The molecule has 0 aromatic heterocycles. The molecule has 7 heteroatoms. The topological polar surface area (TPSA) is 40.5 Å². The number of hydrogen-bond acceptors (Lipinski definition) is 2. The first-order valence-electron chi connectivity index (χ1n) is 7.24. The summed E-state index contributed by atoms with van der Waals surface area (Å²) in [6.07, 6.45) is -5.13. The predicted molar refractivity (Wildman–Crippen MR) is 79.1 cm³/mol. The van der Waals surface area contributed by atoms with E-state index in [-0.39, 0.29) is 18.5 Å². The number of fused-ring (bicyclic) bond motifs is 1. The molecule has 1 aliphatic rings. The molecule has 0 radical (unpaired) electrons. The van der Waals surface area contributed by atoms with Crippen molar-refractivity contribution in [3.05, 3.63) is 65.0 Å². The van der Waals surface area contributed by atoms with Gasteiger partial charge in [0.1, 0.15) is 5.82 Å². The molecule has 0 saturated heterocycles. The molecule has 126 valence electrons. The monoisotopic (exact) mass is 339 g/mol. The molecule has 3 rings (SSSR count). The van der Waals surface area contributed by atoms with E-state index in [0.717, 1.165) is 30.3 Å². The Morgan fingerprint density at radius 1 is 1.12 bits per heavy atom. The Morgan fingerprint density at radius 3 is 2.42 bits per heavy atom. The van der Waals surface area contributed by atoms with Crippen molar-refractivity contribution >= 4 is 11.6 Å². The highest BCUT2D eigenvalue weighted by Gasteiger charge is 2.32. The summed E-state index contributed by atoms with van der Waals surface area (Å²) >= 11 is 0. The number of benzene rings is 2. The summed E-state index contributed by atoms with van der Waals surface area (Å²) in [7, 11) is 0. The smallest absolute Gasteiger partial charge is 0.388 e. The molecule has 0 spiro atoms. The number of halogens is 4. The van der Waals surface area contributed by atoms with Gasteiger partial charge in [-0.2, -0.15) is 13.2 Å². The van der Waals surface area contributed by atoms with Gasteiger partial charge in [-0.05, 0) is 48.9 Å². The maximum absolute atomic E-state index is 13.4. The fraction of sp³-hybridized carbons (Fsp3) is 0.235. The van der Waals surface area contributed by atoms with Gasteiger partial charge in [0.25, 0.3) is 5.91 Å².